The molecule has 100 valence electrons. The first-order valence-electron chi connectivity index (χ1n) is 6.54. The molecule has 4 heteroatoms. The van der Waals surface area contributed by atoms with Gasteiger partial charge in [-0.15, -0.1) is 0 Å². The van der Waals surface area contributed by atoms with Gasteiger partial charge in [-0.25, -0.2) is 9.97 Å². The summed E-state index contributed by atoms with van der Waals surface area (Å²) >= 11 is 0. The molecule has 0 fully saturated rings. The largest absolute Gasteiger partial charge is 0.354 e. The summed E-state index contributed by atoms with van der Waals surface area (Å²) < 4.78 is 0. The molecule has 3 N–H and O–H groups in total. The number of rotatable bonds is 5. The van der Waals surface area contributed by atoms with Gasteiger partial charge in [0.25, 0.3) is 0 Å². The van der Waals surface area contributed by atoms with Gasteiger partial charge in [0.15, 0.2) is 0 Å². The lowest BCUT2D eigenvalue weighted by molar-refractivity contribution is 0.688. The Bertz CT molecular complexity index is 520. The van der Waals surface area contributed by atoms with Crippen LogP contribution in [-0.2, 0) is 0 Å². The van der Waals surface area contributed by atoms with E-state index in [1.807, 2.05) is 31.5 Å². The van der Waals surface area contributed by atoms with Gasteiger partial charge in [-0.1, -0.05) is 24.3 Å². The number of hydrogen-bond donors (Lipinski definition) is 2. The van der Waals surface area contributed by atoms with Crippen molar-refractivity contribution in [1.29, 1.82) is 0 Å². The Morgan fingerprint density at radius 1 is 1.21 bits per heavy atom. The Morgan fingerprint density at radius 2 is 1.89 bits per heavy atom. The highest BCUT2D eigenvalue weighted by Crippen LogP contribution is 2.21. The van der Waals surface area contributed by atoms with E-state index in [1.165, 1.54) is 11.1 Å². The van der Waals surface area contributed by atoms with Gasteiger partial charge >= 0.3 is 0 Å². The minimum Gasteiger partial charge on any atom is -0.354 e. The number of anilines is 1. The van der Waals surface area contributed by atoms with Crippen LogP contribution in [0.4, 0.5) is 5.95 Å². The molecule has 0 spiro atoms. The minimum absolute atomic E-state index is 0.193. The third kappa shape index (κ3) is 3.76. The fraction of sp³-hybridized carbons (Fsp3) is 0.333. The molecule has 4 nitrogen and oxygen atoms in total. The molecule has 0 aliphatic rings. The maximum Gasteiger partial charge on any atom is 0.222 e. The maximum absolute atomic E-state index is 5.69. The van der Waals surface area contributed by atoms with Gasteiger partial charge in [0.05, 0.1) is 0 Å². The quantitative estimate of drug-likeness (QED) is 0.863. The molecule has 1 aromatic heterocycles. The summed E-state index contributed by atoms with van der Waals surface area (Å²) in [5.41, 5.74) is 9.13. The van der Waals surface area contributed by atoms with Crippen LogP contribution in [0.1, 0.15) is 18.9 Å². The minimum atomic E-state index is 0.193. The lowest BCUT2D eigenvalue weighted by Crippen LogP contribution is -2.19. The van der Waals surface area contributed by atoms with Crippen LogP contribution in [0.3, 0.4) is 0 Å². The first-order chi connectivity index (χ1) is 9.16. The van der Waals surface area contributed by atoms with Crippen LogP contribution in [0.2, 0.25) is 0 Å². The molecule has 2 rings (SSSR count). The van der Waals surface area contributed by atoms with Gasteiger partial charge in [0.2, 0.25) is 5.95 Å². The molecule has 1 heterocycles. The summed E-state index contributed by atoms with van der Waals surface area (Å²) in [4.78, 5) is 8.66. The van der Waals surface area contributed by atoms with E-state index >= 15 is 0 Å². The van der Waals surface area contributed by atoms with E-state index in [0.717, 1.165) is 18.5 Å². The zero-order valence-electron chi connectivity index (χ0n) is 11.4. The van der Waals surface area contributed by atoms with Crippen molar-refractivity contribution in [3.63, 3.8) is 0 Å². The number of aromatic nitrogens is 2. The summed E-state index contributed by atoms with van der Waals surface area (Å²) in [5.74, 6) is 0.651. The van der Waals surface area contributed by atoms with Crippen molar-refractivity contribution >= 4 is 5.95 Å². The normalized spacial score (nSPS) is 12.2. The first kappa shape index (κ1) is 13.5. The highest BCUT2D eigenvalue weighted by molar-refractivity contribution is 5.65. The van der Waals surface area contributed by atoms with Crippen LogP contribution in [-0.4, -0.2) is 22.6 Å². The second-order valence-corrected chi connectivity index (χ2v) is 4.80. The van der Waals surface area contributed by atoms with Crippen molar-refractivity contribution in [2.45, 2.75) is 26.3 Å². The second-order valence-electron chi connectivity index (χ2n) is 4.80. The standard InChI is InChI=1S/C15H20N4/c1-11-5-3-4-6-14(11)13-9-18-15(19-10-13)17-8-7-12(2)16/h3-6,9-10,12H,7-8,16H2,1-2H3,(H,17,18,19). The Hall–Kier alpha value is -1.94. The van der Waals surface area contributed by atoms with Gasteiger partial charge in [0.1, 0.15) is 0 Å². The fourth-order valence-electron chi connectivity index (χ4n) is 1.87. The summed E-state index contributed by atoms with van der Waals surface area (Å²) in [6, 6.07) is 8.42. The highest BCUT2D eigenvalue weighted by Gasteiger charge is 2.03. The van der Waals surface area contributed by atoms with Crippen molar-refractivity contribution in [3.8, 4) is 11.1 Å². The smallest absolute Gasteiger partial charge is 0.222 e. The molecule has 0 saturated carbocycles. The van der Waals surface area contributed by atoms with Crippen LogP contribution >= 0.6 is 0 Å². The van der Waals surface area contributed by atoms with Crippen LogP contribution in [0.5, 0.6) is 0 Å². The number of benzene rings is 1. The third-order valence-electron chi connectivity index (χ3n) is 2.99. The second kappa shape index (κ2) is 6.29. The van der Waals surface area contributed by atoms with Crippen LogP contribution in [0.15, 0.2) is 36.7 Å². The number of nitrogens with zero attached hydrogens (tertiary/aromatic N) is 2. The molecule has 0 radical (unpaired) electrons. The topological polar surface area (TPSA) is 63.8 Å². The Morgan fingerprint density at radius 3 is 2.53 bits per heavy atom. The lowest BCUT2D eigenvalue weighted by Gasteiger charge is -2.08. The molecular formula is C15H20N4. The molecule has 1 unspecified atom stereocenters. The number of nitrogens with two attached hydrogens (primary N) is 1. The summed E-state index contributed by atoms with van der Waals surface area (Å²) in [7, 11) is 0. The van der Waals surface area contributed by atoms with Gasteiger partial charge in [0, 0.05) is 30.5 Å². The predicted molar refractivity (Wildman–Crippen MR) is 79.0 cm³/mol. The molecule has 0 aliphatic carbocycles. The molecule has 19 heavy (non-hydrogen) atoms. The van der Waals surface area contributed by atoms with E-state index in [2.05, 4.69) is 34.3 Å². The van der Waals surface area contributed by atoms with E-state index in [9.17, 15) is 0 Å². The first-order valence-corrected chi connectivity index (χ1v) is 6.54. The maximum atomic E-state index is 5.69. The SMILES string of the molecule is Cc1ccccc1-c1cnc(NCCC(C)N)nc1. The Labute approximate surface area is 114 Å². The van der Waals surface area contributed by atoms with E-state index in [-0.39, 0.29) is 6.04 Å². The number of aryl methyl sites for hydroxylation is 1. The third-order valence-corrected chi connectivity index (χ3v) is 2.99. The lowest BCUT2D eigenvalue weighted by atomic mass is 10.0. The molecule has 0 aliphatic heterocycles. The van der Waals surface area contributed by atoms with Crippen LogP contribution < -0.4 is 11.1 Å². The van der Waals surface area contributed by atoms with Crippen molar-refractivity contribution in [1.82, 2.24) is 9.97 Å². The zero-order valence-corrected chi connectivity index (χ0v) is 11.4. The van der Waals surface area contributed by atoms with Crippen LogP contribution in [0, 0.1) is 6.92 Å². The van der Waals surface area contributed by atoms with Crippen LogP contribution in [0.25, 0.3) is 11.1 Å². The molecule has 1 aromatic carbocycles. The molecule has 2 aromatic rings. The molecule has 0 bridgehead atoms. The molecule has 0 amide bonds. The number of nitrogens with one attached hydrogen (secondary N) is 1. The van der Waals surface area contributed by atoms with Crippen molar-refractivity contribution in [2.75, 3.05) is 11.9 Å². The zero-order chi connectivity index (χ0) is 13.7. The van der Waals surface area contributed by atoms with Crippen molar-refractivity contribution < 1.29 is 0 Å². The summed E-state index contributed by atoms with van der Waals surface area (Å²) in [6.07, 6.45) is 4.61. The van der Waals surface area contributed by atoms with E-state index in [4.69, 9.17) is 5.73 Å². The molecular weight excluding hydrogens is 236 g/mol. The summed E-state index contributed by atoms with van der Waals surface area (Å²) in [5, 5.41) is 3.17. The van der Waals surface area contributed by atoms with E-state index in [1.54, 1.807) is 0 Å². The Balaban J connectivity index is 2.04. The monoisotopic (exact) mass is 256 g/mol. The Kier molecular flexibility index (Phi) is 4.47. The van der Waals surface area contributed by atoms with E-state index < -0.39 is 0 Å². The average Bonchev–Trinajstić information content (AvgIpc) is 2.40. The predicted octanol–water partition coefficient (Wildman–Crippen LogP) is 2.60. The molecule has 1 atom stereocenters. The number of hydrogen-bond acceptors (Lipinski definition) is 4. The van der Waals surface area contributed by atoms with Gasteiger partial charge in [-0.05, 0) is 31.4 Å². The highest BCUT2D eigenvalue weighted by atomic mass is 15.1. The summed E-state index contributed by atoms with van der Waals surface area (Å²) in [6.45, 7) is 4.87. The van der Waals surface area contributed by atoms with Crippen molar-refractivity contribution in [2.24, 2.45) is 5.73 Å². The fourth-order valence-corrected chi connectivity index (χ4v) is 1.87. The van der Waals surface area contributed by atoms with E-state index in [0.29, 0.717) is 5.95 Å². The van der Waals surface area contributed by atoms with Crippen molar-refractivity contribution in [3.05, 3.63) is 42.2 Å². The average molecular weight is 256 g/mol. The van der Waals surface area contributed by atoms with Gasteiger partial charge < -0.3 is 11.1 Å². The van der Waals surface area contributed by atoms with Gasteiger partial charge in [-0.3, -0.25) is 0 Å². The molecule has 0 saturated heterocycles. The van der Waals surface area contributed by atoms with Gasteiger partial charge in [-0.2, -0.15) is 0 Å².